The molecule has 1 aliphatic rings. The molecule has 1 saturated heterocycles. The fourth-order valence-electron chi connectivity index (χ4n) is 2.50. The lowest BCUT2D eigenvalue weighted by molar-refractivity contribution is -0.124. The summed E-state index contributed by atoms with van der Waals surface area (Å²) in [5.74, 6) is -0.344. The van der Waals surface area contributed by atoms with Gasteiger partial charge >= 0.3 is 0 Å². The Balaban J connectivity index is 1.86. The first-order valence-electron chi connectivity index (χ1n) is 6.83. The molecule has 1 amide bonds. The van der Waals surface area contributed by atoms with Crippen LogP contribution in [0.25, 0.3) is 0 Å². The number of anilines is 1. The highest BCUT2D eigenvalue weighted by Crippen LogP contribution is 2.17. The highest BCUT2D eigenvalue weighted by molar-refractivity contribution is 5.92. The van der Waals surface area contributed by atoms with E-state index in [0.717, 1.165) is 19.4 Å². The van der Waals surface area contributed by atoms with Gasteiger partial charge in [-0.05, 0) is 44.5 Å². The number of nitrogens with one attached hydrogen (secondary N) is 1. The van der Waals surface area contributed by atoms with Crippen LogP contribution in [-0.2, 0) is 9.59 Å². The summed E-state index contributed by atoms with van der Waals surface area (Å²) in [6.45, 7) is 3.29. The Kier molecular flexibility index (Phi) is 4.84. The topological polar surface area (TPSA) is 49.4 Å². The summed E-state index contributed by atoms with van der Waals surface area (Å²) in [7, 11) is 0. The third kappa shape index (κ3) is 4.13. The first-order valence-corrected chi connectivity index (χ1v) is 6.83. The Morgan fingerprint density at radius 2 is 2.25 bits per heavy atom. The summed E-state index contributed by atoms with van der Waals surface area (Å²) >= 11 is 0. The van der Waals surface area contributed by atoms with E-state index in [2.05, 4.69) is 5.32 Å². The van der Waals surface area contributed by atoms with Crippen LogP contribution in [0.15, 0.2) is 24.3 Å². The fourth-order valence-corrected chi connectivity index (χ4v) is 2.50. The molecule has 0 bridgehead atoms. The molecule has 108 valence electrons. The van der Waals surface area contributed by atoms with Gasteiger partial charge in [-0.3, -0.25) is 14.5 Å². The van der Waals surface area contributed by atoms with E-state index in [1.807, 2.05) is 4.90 Å². The van der Waals surface area contributed by atoms with Gasteiger partial charge in [0.15, 0.2) is 0 Å². The third-order valence-corrected chi connectivity index (χ3v) is 3.56. The Labute approximate surface area is 118 Å². The fraction of sp³-hybridized carbons (Fsp3) is 0.467. The molecule has 0 aliphatic carbocycles. The molecule has 0 spiro atoms. The largest absolute Gasteiger partial charge is 0.325 e. The van der Waals surface area contributed by atoms with Crippen molar-refractivity contribution in [2.75, 3.05) is 25.0 Å². The van der Waals surface area contributed by atoms with Crippen molar-refractivity contribution in [2.45, 2.75) is 19.8 Å². The van der Waals surface area contributed by atoms with Crippen molar-refractivity contribution in [3.05, 3.63) is 30.1 Å². The zero-order valence-electron chi connectivity index (χ0n) is 11.6. The normalized spacial score (nSPS) is 19.6. The number of hydrogen-bond acceptors (Lipinski definition) is 3. The average molecular weight is 278 g/mol. The van der Waals surface area contributed by atoms with Crippen molar-refractivity contribution >= 4 is 17.4 Å². The van der Waals surface area contributed by atoms with E-state index in [1.54, 1.807) is 19.1 Å². The molecule has 1 aromatic carbocycles. The van der Waals surface area contributed by atoms with Crippen LogP contribution < -0.4 is 5.32 Å². The maximum Gasteiger partial charge on any atom is 0.238 e. The van der Waals surface area contributed by atoms with Crippen LogP contribution in [-0.4, -0.2) is 36.2 Å². The summed E-state index contributed by atoms with van der Waals surface area (Å²) in [4.78, 5) is 25.3. The Bertz CT molecular complexity index is 504. The Hall–Kier alpha value is -1.75. The number of ketones is 1. The lowest BCUT2D eigenvalue weighted by atomic mass is 9.95. The molecule has 0 saturated carbocycles. The Morgan fingerprint density at radius 3 is 2.95 bits per heavy atom. The molecule has 0 radical (unpaired) electrons. The first-order chi connectivity index (χ1) is 9.54. The smallest absolute Gasteiger partial charge is 0.238 e. The summed E-state index contributed by atoms with van der Waals surface area (Å²) < 4.78 is 13.0. The molecule has 1 atom stereocenters. The number of halogens is 1. The number of hydrogen-bond donors (Lipinski definition) is 1. The molecule has 1 fully saturated rings. The number of rotatable bonds is 4. The monoisotopic (exact) mass is 278 g/mol. The Morgan fingerprint density at radius 1 is 1.45 bits per heavy atom. The number of carbonyl (C=O) groups is 2. The maximum atomic E-state index is 13.0. The number of carbonyl (C=O) groups excluding carboxylic acids is 2. The predicted molar refractivity (Wildman–Crippen MR) is 74.9 cm³/mol. The predicted octanol–water partition coefficient (Wildman–Crippen LogP) is 2.07. The van der Waals surface area contributed by atoms with Crippen LogP contribution in [0.1, 0.15) is 19.8 Å². The van der Waals surface area contributed by atoms with Gasteiger partial charge in [0.05, 0.1) is 6.54 Å². The summed E-state index contributed by atoms with van der Waals surface area (Å²) in [5.41, 5.74) is 0.454. The van der Waals surface area contributed by atoms with Gasteiger partial charge in [-0.15, -0.1) is 0 Å². The minimum absolute atomic E-state index is 0.0331. The van der Waals surface area contributed by atoms with E-state index in [1.165, 1.54) is 12.1 Å². The minimum Gasteiger partial charge on any atom is -0.325 e. The van der Waals surface area contributed by atoms with Crippen LogP contribution in [0, 0.1) is 11.7 Å². The van der Waals surface area contributed by atoms with Crippen LogP contribution in [0.3, 0.4) is 0 Å². The van der Waals surface area contributed by atoms with Gasteiger partial charge in [0, 0.05) is 18.2 Å². The molecule has 2 rings (SSSR count). The van der Waals surface area contributed by atoms with Crippen LogP contribution >= 0.6 is 0 Å². The number of likely N-dealkylation sites (tertiary alicyclic amines) is 1. The highest BCUT2D eigenvalue weighted by atomic mass is 19.1. The molecular formula is C15H19FN2O2. The zero-order valence-corrected chi connectivity index (χ0v) is 11.6. The van der Waals surface area contributed by atoms with Gasteiger partial charge in [-0.2, -0.15) is 0 Å². The van der Waals surface area contributed by atoms with Crippen LogP contribution in [0.5, 0.6) is 0 Å². The number of Topliss-reactive ketones (excluding diaryl/α,β-unsaturated/α-hetero) is 1. The van der Waals surface area contributed by atoms with E-state index in [0.29, 0.717) is 12.2 Å². The van der Waals surface area contributed by atoms with Crippen molar-refractivity contribution in [2.24, 2.45) is 5.92 Å². The molecule has 1 unspecified atom stereocenters. The molecule has 4 nitrogen and oxygen atoms in total. The highest BCUT2D eigenvalue weighted by Gasteiger charge is 2.24. The standard InChI is InChI=1S/C15H19FN2O2/c1-11(19)12-4-3-7-18(9-12)10-15(20)17-14-6-2-5-13(16)8-14/h2,5-6,8,12H,3-4,7,9-10H2,1H3,(H,17,20). The molecule has 20 heavy (non-hydrogen) atoms. The lowest BCUT2D eigenvalue weighted by Gasteiger charge is -2.30. The van der Waals surface area contributed by atoms with E-state index < -0.39 is 0 Å². The van der Waals surface area contributed by atoms with Crippen molar-refractivity contribution < 1.29 is 14.0 Å². The molecule has 1 N–H and O–H groups in total. The van der Waals surface area contributed by atoms with E-state index in [9.17, 15) is 14.0 Å². The van der Waals surface area contributed by atoms with Gasteiger partial charge in [-0.1, -0.05) is 6.07 Å². The summed E-state index contributed by atoms with van der Waals surface area (Å²) in [5, 5.41) is 2.67. The average Bonchev–Trinajstić information content (AvgIpc) is 2.38. The van der Waals surface area contributed by atoms with Crippen molar-refractivity contribution in [3.8, 4) is 0 Å². The number of nitrogens with zero attached hydrogens (tertiary/aromatic N) is 1. The second-order valence-corrected chi connectivity index (χ2v) is 5.24. The van der Waals surface area contributed by atoms with Crippen molar-refractivity contribution in [1.29, 1.82) is 0 Å². The van der Waals surface area contributed by atoms with E-state index >= 15 is 0 Å². The molecule has 1 aromatic rings. The van der Waals surface area contributed by atoms with Crippen LogP contribution in [0.2, 0.25) is 0 Å². The molecule has 0 aromatic heterocycles. The minimum atomic E-state index is -0.377. The van der Waals surface area contributed by atoms with E-state index in [-0.39, 0.29) is 30.0 Å². The van der Waals surface area contributed by atoms with Crippen LogP contribution in [0.4, 0.5) is 10.1 Å². The second kappa shape index (κ2) is 6.61. The molecule has 1 aliphatic heterocycles. The van der Waals surface area contributed by atoms with Gasteiger partial charge in [0.25, 0.3) is 0 Å². The van der Waals surface area contributed by atoms with Gasteiger partial charge < -0.3 is 5.32 Å². The molecular weight excluding hydrogens is 259 g/mol. The number of piperidine rings is 1. The molecule has 1 heterocycles. The van der Waals surface area contributed by atoms with Crippen molar-refractivity contribution in [1.82, 2.24) is 4.90 Å². The summed E-state index contributed by atoms with van der Waals surface area (Å²) in [6, 6.07) is 5.82. The lowest BCUT2D eigenvalue weighted by Crippen LogP contribution is -2.42. The van der Waals surface area contributed by atoms with Crippen molar-refractivity contribution in [3.63, 3.8) is 0 Å². The quantitative estimate of drug-likeness (QED) is 0.917. The van der Waals surface area contributed by atoms with Gasteiger partial charge in [-0.25, -0.2) is 4.39 Å². The maximum absolute atomic E-state index is 13.0. The second-order valence-electron chi connectivity index (χ2n) is 5.24. The number of benzene rings is 1. The zero-order chi connectivity index (χ0) is 14.5. The first kappa shape index (κ1) is 14.7. The molecule has 5 heteroatoms. The number of amides is 1. The third-order valence-electron chi connectivity index (χ3n) is 3.56. The van der Waals surface area contributed by atoms with E-state index in [4.69, 9.17) is 0 Å². The van der Waals surface area contributed by atoms with Gasteiger partial charge in [0.2, 0.25) is 5.91 Å². The van der Waals surface area contributed by atoms with Gasteiger partial charge in [0.1, 0.15) is 11.6 Å². The summed E-state index contributed by atoms with van der Waals surface area (Å²) in [6.07, 6.45) is 1.83. The SMILES string of the molecule is CC(=O)C1CCCN(CC(=O)Nc2cccc(F)c2)C1.